The molecule has 0 unspecified atom stereocenters. The van der Waals surface area contributed by atoms with Crippen LogP contribution < -0.4 is 10.4 Å². The SMILES string of the molecule is CNS(=O)(=O)c1ccc2nc(-c3cccc4[nH]ncc34)n(-c3ccc4c(c3)n(C)c(=O)n4C)c2c1. The maximum Gasteiger partial charge on any atom is 0.328 e. The summed E-state index contributed by atoms with van der Waals surface area (Å²) in [6.07, 6.45) is 1.75. The van der Waals surface area contributed by atoms with Crippen LogP contribution in [0.1, 0.15) is 0 Å². The van der Waals surface area contributed by atoms with Crippen LogP contribution in [0.5, 0.6) is 0 Å². The highest BCUT2D eigenvalue weighted by Gasteiger charge is 2.21. The van der Waals surface area contributed by atoms with Gasteiger partial charge in [0.15, 0.2) is 0 Å². The van der Waals surface area contributed by atoms with Crippen molar-refractivity contribution in [1.82, 2.24) is 33.6 Å². The van der Waals surface area contributed by atoms with Crippen LogP contribution in [0.15, 0.2) is 70.5 Å². The van der Waals surface area contributed by atoms with E-state index in [2.05, 4.69) is 14.9 Å². The van der Waals surface area contributed by atoms with E-state index in [1.165, 1.54) is 13.1 Å². The van der Waals surface area contributed by atoms with Crippen molar-refractivity contribution < 1.29 is 8.42 Å². The fourth-order valence-electron chi connectivity index (χ4n) is 4.58. The van der Waals surface area contributed by atoms with Gasteiger partial charge in [0, 0.05) is 30.7 Å². The van der Waals surface area contributed by atoms with Crippen molar-refractivity contribution in [2.75, 3.05) is 7.05 Å². The number of aryl methyl sites for hydroxylation is 2. The average Bonchev–Trinajstić information content (AvgIpc) is 3.55. The van der Waals surface area contributed by atoms with Gasteiger partial charge in [0.1, 0.15) is 5.82 Å². The molecule has 35 heavy (non-hydrogen) atoms. The number of hydrogen-bond acceptors (Lipinski definition) is 5. The highest BCUT2D eigenvalue weighted by atomic mass is 32.2. The second-order valence-corrected chi connectivity index (χ2v) is 10.2. The van der Waals surface area contributed by atoms with Gasteiger partial charge in [0.25, 0.3) is 0 Å². The Balaban J connectivity index is 1.73. The van der Waals surface area contributed by atoms with Crippen LogP contribution in [0.25, 0.3) is 50.0 Å². The zero-order valence-corrected chi connectivity index (χ0v) is 20.0. The maximum atomic E-state index is 12.6. The molecule has 6 aromatic rings. The van der Waals surface area contributed by atoms with Crippen molar-refractivity contribution in [2.45, 2.75) is 4.90 Å². The summed E-state index contributed by atoms with van der Waals surface area (Å²) >= 11 is 0. The minimum atomic E-state index is -3.67. The van der Waals surface area contributed by atoms with E-state index in [-0.39, 0.29) is 10.6 Å². The van der Waals surface area contributed by atoms with Crippen molar-refractivity contribution in [2.24, 2.45) is 14.1 Å². The van der Waals surface area contributed by atoms with E-state index < -0.39 is 10.0 Å². The first-order valence-corrected chi connectivity index (χ1v) is 12.3. The Bertz CT molecular complexity index is 1960. The number of benzene rings is 3. The highest BCUT2D eigenvalue weighted by Crippen LogP contribution is 2.34. The molecule has 0 radical (unpaired) electrons. The molecule has 0 spiro atoms. The summed E-state index contributed by atoms with van der Waals surface area (Å²) in [7, 11) is 1.17. The summed E-state index contributed by atoms with van der Waals surface area (Å²) in [6.45, 7) is 0. The molecular weight excluding hydrogens is 466 g/mol. The molecule has 10 nitrogen and oxygen atoms in total. The van der Waals surface area contributed by atoms with Crippen molar-refractivity contribution >= 4 is 43.0 Å². The molecular formula is C24H21N7O3S. The number of aromatic amines is 1. The summed E-state index contributed by atoms with van der Waals surface area (Å²) in [5, 5.41) is 8.05. The zero-order chi connectivity index (χ0) is 24.5. The van der Waals surface area contributed by atoms with Gasteiger partial charge in [0.2, 0.25) is 10.0 Å². The Morgan fingerprint density at radius 3 is 2.54 bits per heavy atom. The number of rotatable bonds is 4. The topological polar surface area (TPSA) is 120 Å². The lowest BCUT2D eigenvalue weighted by molar-refractivity contribution is 0.588. The molecule has 0 fully saturated rings. The van der Waals surface area contributed by atoms with E-state index in [0.29, 0.717) is 16.9 Å². The largest absolute Gasteiger partial charge is 0.328 e. The lowest BCUT2D eigenvalue weighted by Gasteiger charge is -2.12. The van der Waals surface area contributed by atoms with E-state index in [1.54, 1.807) is 41.6 Å². The molecule has 0 aliphatic rings. The molecule has 0 aliphatic heterocycles. The third-order valence-electron chi connectivity index (χ3n) is 6.44. The number of imidazole rings is 2. The summed E-state index contributed by atoms with van der Waals surface area (Å²) in [4.78, 5) is 17.5. The van der Waals surface area contributed by atoms with Crippen molar-refractivity contribution in [3.8, 4) is 17.1 Å². The minimum absolute atomic E-state index is 0.126. The number of sulfonamides is 1. The van der Waals surface area contributed by atoms with Gasteiger partial charge in [-0.25, -0.2) is 22.9 Å². The maximum absolute atomic E-state index is 12.6. The van der Waals surface area contributed by atoms with Crippen LogP contribution in [0.4, 0.5) is 0 Å². The molecule has 6 rings (SSSR count). The van der Waals surface area contributed by atoms with Crippen LogP contribution >= 0.6 is 0 Å². The second kappa shape index (κ2) is 7.39. The van der Waals surface area contributed by atoms with Gasteiger partial charge in [-0.1, -0.05) is 12.1 Å². The van der Waals surface area contributed by atoms with Gasteiger partial charge in [-0.3, -0.25) is 18.8 Å². The molecule has 0 saturated heterocycles. The number of nitrogens with one attached hydrogen (secondary N) is 2. The number of fused-ring (bicyclic) bond motifs is 3. The number of aromatic nitrogens is 6. The Hall–Kier alpha value is -4.22. The van der Waals surface area contributed by atoms with Gasteiger partial charge in [-0.05, 0) is 49.5 Å². The fourth-order valence-corrected chi connectivity index (χ4v) is 5.33. The average molecular weight is 488 g/mol. The summed E-state index contributed by atoms with van der Waals surface area (Å²) < 4.78 is 32.6. The highest BCUT2D eigenvalue weighted by molar-refractivity contribution is 7.89. The Morgan fingerprint density at radius 1 is 0.943 bits per heavy atom. The number of nitrogens with zero attached hydrogens (tertiary/aromatic N) is 5. The normalized spacial score (nSPS) is 12.3. The molecule has 0 atom stereocenters. The summed E-state index contributed by atoms with van der Waals surface area (Å²) in [5.41, 5.74) is 5.13. The molecule has 0 amide bonds. The molecule has 0 aliphatic carbocycles. The van der Waals surface area contributed by atoms with Crippen LogP contribution in [-0.4, -0.2) is 44.3 Å². The standard InChI is InChI=1S/C24H21N7O3S/c1-25-35(33,34)15-8-9-19-21(12-15)31(14-7-10-20-22(11-14)30(3)24(32)29(20)2)23(27-19)16-5-4-6-18-17(16)13-26-28-18/h4-13,25H,1-3H3,(H,26,28). The van der Waals surface area contributed by atoms with E-state index >= 15 is 0 Å². The molecule has 0 saturated carbocycles. The zero-order valence-electron chi connectivity index (χ0n) is 19.1. The summed E-state index contributed by atoms with van der Waals surface area (Å²) in [5.74, 6) is 0.631. The van der Waals surface area contributed by atoms with Crippen molar-refractivity contribution in [3.63, 3.8) is 0 Å². The fraction of sp³-hybridized carbons (Fsp3) is 0.125. The van der Waals surface area contributed by atoms with E-state index in [0.717, 1.165) is 33.2 Å². The monoisotopic (exact) mass is 487 g/mol. The Morgan fingerprint density at radius 2 is 1.74 bits per heavy atom. The number of hydrogen-bond donors (Lipinski definition) is 2. The van der Waals surface area contributed by atoms with E-state index in [9.17, 15) is 13.2 Å². The van der Waals surface area contributed by atoms with Crippen molar-refractivity contribution in [1.29, 1.82) is 0 Å². The van der Waals surface area contributed by atoms with Gasteiger partial charge in [0.05, 0.1) is 38.7 Å². The van der Waals surface area contributed by atoms with Crippen molar-refractivity contribution in [3.05, 3.63) is 71.3 Å². The van der Waals surface area contributed by atoms with E-state index in [1.807, 2.05) is 41.0 Å². The predicted octanol–water partition coefficient (Wildman–Crippen LogP) is 2.67. The molecule has 2 N–H and O–H groups in total. The van der Waals surface area contributed by atoms with Crippen LogP contribution in [0.3, 0.4) is 0 Å². The molecule has 3 heterocycles. The van der Waals surface area contributed by atoms with Crippen LogP contribution in [-0.2, 0) is 24.1 Å². The molecule has 3 aromatic heterocycles. The Labute approximate surface area is 199 Å². The van der Waals surface area contributed by atoms with Gasteiger partial charge in [-0.15, -0.1) is 0 Å². The third kappa shape index (κ3) is 3.05. The van der Waals surface area contributed by atoms with Gasteiger partial charge in [-0.2, -0.15) is 5.10 Å². The van der Waals surface area contributed by atoms with Gasteiger partial charge < -0.3 is 0 Å². The molecule has 0 bridgehead atoms. The first kappa shape index (κ1) is 21.3. The Kier molecular flexibility index (Phi) is 4.50. The smallest absolute Gasteiger partial charge is 0.295 e. The third-order valence-corrected chi connectivity index (χ3v) is 7.86. The van der Waals surface area contributed by atoms with E-state index in [4.69, 9.17) is 4.98 Å². The first-order chi connectivity index (χ1) is 16.8. The molecule has 176 valence electrons. The lowest BCUT2D eigenvalue weighted by Crippen LogP contribution is -2.19. The predicted molar refractivity (Wildman–Crippen MR) is 134 cm³/mol. The molecule has 11 heteroatoms. The minimum Gasteiger partial charge on any atom is -0.295 e. The lowest BCUT2D eigenvalue weighted by atomic mass is 10.1. The number of H-pyrrole nitrogens is 1. The second-order valence-electron chi connectivity index (χ2n) is 8.34. The van der Waals surface area contributed by atoms with Gasteiger partial charge >= 0.3 is 5.69 Å². The van der Waals surface area contributed by atoms with Crippen LogP contribution in [0, 0.1) is 0 Å². The summed E-state index contributed by atoms with van der Waals surface area (Å²) in [6, 6.07) is 16.4. The molecule has 3 aromatic carbocycles. The first-order valence-electron chi connectivity index (χ1n) is 10.8. The van der Waals surface area contributed by atoms with Crippen LogP contribution in [0.2, 0.25) is 0 Å². The quantitative estimate of drug-likeness (QED) is 0.396.